The number of esters is 1. The lowest BCUT2D eigenvalue weighted by Crippen LogP contribution is -2.45. The van der Waals surface area contributed by atoms with Gasteiger partial charge in [-0.1, -0.05) is 37.3 Å². The third kappa shape index (κ3) is 3.67. The van der Waals surface area contributed by atoms with Crippen LogP contribution in [0.15, 0.2) is 41.7 Å². The summed E-state index contributed by atoms with van der Waals surface area (Å²) in [6.45, 7) is 3.75. The lowest BCUT2D eigenvalue weighted by atomic mass is 9.91. The van der Waals surface area contributed by atoms with E-state index in [1.165, 1.54) is 13.3 Å². The molecule has 2 aromatic rings. The molecule has 2 unspecified atom stereocenters. The SMILES string of the molecule is CCC1(C)c2cnc(S(C)(=O)=O)nc2C(C(=O)OC)N1CC(=O)c1ccccc1. The Hall–Kier alpha value is -2.65. The Bertz CT molecular complexity index is 1060. The topological polar surface area (TPSA) is 107 Å². The largest absolute Gasteiger partial charge is 0.468 e. The van der Waals surface area contributed by atoms with E-state index in [1.54, 1.807) is 29.2 Å². The number of Topliss-reactive ketones (excluding diaryl/α,β-unsaturated/α-hetero) is 1. The highest BCUT2D eigenvalue weighted by Gasteiger charge is 2.52. The maximum absolute atomic E-state index is 12.9. The van der Waals surface area contributed by atoms with Crippen LogP contribution in [0, 0.1) is 0 Å². The van der Waals surface area contributed by atoms with Crippen LogP contribution in [-0.2, 0) is 24.9 Å². The van der Waals surface area contributed by atoms with Gasteiger partial charge in [0.15, 0.2) is 11.8 Å². The first-order valence-corrected chi connectivity index (χ1v) is 11.0. The van der Waals surface area contributed by atoms with Gasteiger partial charge in [-0.15, -0.1) is 0 Å². The normalized spacial score (nSPS) is 21.6. The van der Waals surface area contributed by atoms with E-state index in [1.807, 2.05) is 19.9 Å². The molecule has 154 valence electrons. The summed E-state index contributed by atoms with van der Waals surface area (Å²) in [6, 6.07) is 7.78. The van der Waals surface area contributed by atoms with E-state index in [0.717, 1.165) is 6.26 Å². The van der Waals surface area contributed by atoms with Crippen LogP contribution >= 0.6 is 0 Å². The maximum atomic E-state index is 12.9. The molecule has 2 heterocycles. The van der Waals surface area contributed by atoms with Crippen molar-refractivity contribution in [2.75, 3.05) is 19.9 Å². The highest BCUT2D eigenvalue weighted by molar-refractivity contribution is 7.90. The number of rotatable bonds is 6. The summed E-state index contributed by atoms with van der Waals surface area (Å²) in [5, 5.41) is -0.361. The van der Waals surface area contributed by atoms with Gasteiger partial charge in [0.05, 0.1) is 19.3 Å². The van der Waals surface area contributed by atoms with Crippen molar-refractivity contribution in [2.24, 2.45) is 0 Å². The van der Waals surface area contributed by atoms with Crippen molar-refractivity contribution in [1.82, 2.24) is 14.9 Å². The van der Waals surface area contributed by atoms with Crippen molar-refractivity contribution < 1.29 is 22.7 Å². The summed E-state index contributed by atoms with van der Waals surface area (Å²) in [5.41, 5.74) is 0.656. The molecule has 0 fully saturated rings. The lowest BCUT2D eigenvalue weighted by molar-refractivity contribution is -0.148. The van der Waals surface area contributed by atoms with Gasteiger partial charge in [-0.2, -0.15) is 0 Å². The second-order valence-electron chi connectivity index (χ2n) is 7.19. The van der Waals surface area contributed by atoms with Crippen molar-refractivity contribution in [3.8, 4) is 0 Å². The van der Waals surface area contributed by atoms with E-state index in [0.29, 0.717) is 17.5 Å². The molecule has 8 nitrogen and oxygen atoms in total. The third-order valence-electron chi connectivity index (χ3n) is 5.44. The van der Waals surface area contributed by atoms with Gasteiger partial charge < -0.3 is 4.74 Å². The number of nitrogens with zero attached hydrogens (tertiary/aromatic N) is 3. The smallest absolute Gasteiger partial charge is 0.329 e. The Kier molecular flexibility index (Phi) is 5.55. The van der Waals surface area contributed by atoms with E-state index in [-0.39, 0.29) is 23.2 Å². The van der Waals surface area contributed by atoms with Gasteiger partial charge in [-0.25, -0.2) is 23.2 Å². The van der Waals surface area contributed by atoms with Crippen LogP contribution in [0.5, 0.6) is 0 Å². The molecule has 0 saturated heterocycles. The maximum Gasteiger partial charge on any atom is 0.329 e. The molecular weight excluding hydrogens is 394 g/mol. The third-order valence-corrected chi connectivity index (χ3v) is 6.30. The zero-order chi connectivity index (χ0) is 21.4. The molecule has 0 aliphatic carbocycles. The standard InChI is InChI=1S/C20H23N3O5S/c1-5-20(2)14-11-21-19(29(4,26)27)22-16(14)17(18(25)28-3)23(20)12-15(24)13-9-7-6-8-10-13/h6-11,17H,5,12H2,1-4H3. The van der Waals surface area contributed by atoms with Gasteiger partial charge >= 0.3 is 5.97 Å². The minimum Gasteiger partial charge on any atom is -0.468 e. The Morgan fingerprint density at radius 2 is 1.90 bits per heavy atom. The molecule has 9 heteroatoms. The van der Waals surface area contributed by atoms with Crippen LogP contribution in [0.4, 0.5) is 0 Å². The van der Waals surface area contributed by atoms with Crippen molar-refractivity contribution in [3.63, 3.8) is 0 Å². The van der Waals surface area contributed by atoms with Crippen LogP contribution in [-0.4, -0.2) is 54.9 Å². The summed E-state index contributed by atoms with van der Waals surface area (Å²) in [6.07, 6.45) is 2.99. The molecule has 1 aliphatic rings. The van der Waals surface area contributed by atoms with Gasteiger partial charge in [-0.05, 0) is 13.3 Å². The van der Waals surface area contributed by atoms with E-state index >= 15 is 0 Å². The Morgan fingerprint density at radius 1 is 1.24 bits per heavy atom. The molecule has 1 aromatic heterocycles. The monoisotopic (exact) mass is 417 g/mol. The molecule has 0 spiro atoms. The van der Waals surface area contributed by atoms with Crippen LogP contribution in [0.3, 0.4) is 0 Å². The van der Waals surface area contributed by atoms with Gasteiger partial charge in [-0.3, -0.25) is 9.69 Å². The molecule has 1 aliphatic heterocycles. The van der Waals surface area contributed by atoms with Crippen molar-refractivity contribution >= 4 is 21.6 Å². The summed E-state index contributed by atoms with van der Waals surface area (Å²) in [4.78, 5) is 35.5. The molecule has 1 aromatic carbocycles. The van der Waals surface area contributed by atoms with Crippen LogP contribution < -0.4 is 0 Å². The Morgan fingerprint density at radius 3 is 2.45 bits per heavy atom. The van der Waals surface area contributed by atoms with E-state index in [9.17, 15) is 18.0 Å². The predicted molar refractivity (Wildman–Crippen MR) is 105 cm³/mol. The average molecular weight is 417 g/mol. The first-order chi connectivity index (χ1) is 13.6. The second kappa shape index (κ2) is 7.64. The van der Waals surface area contributed by atoms with Crippen LogP contribution in [0.2, 0.25) is 0 Å². The molecule has 29 heavy (non-hydrogen) atoms. The fourth-order valence-corrected chi connectivity index (χ4v) is 4.16. The number of aromatic nitrogens is 2. The summed E-state index contributed by atoms with van der Waals surface area (Å²) in [7, 11) is -2.42. The van der Waals surface area contributed by atoms with Crippen LogP contribution in [0.25, 0.3) is 0 Å². The molecule has 0 radical (unpaired) electrons. The molecule has 0 saturated carbocycles. The van der Waals surface area contributed by atoms with Gasteiger partial charge in [0.25, 0.3) is 0 Å². The van der Waals surface area contributed by atoms with Crippen molar-refractivity contribution in [2.45, 2.75) is 37.0 Å². The average Bonchev–Trinajstić information content (AvgIpc) is 2.95. The number of sulfone groups is 1. The quantitative estimate of drug-likeness (QED) is 0.399. The number of carbonyl (C=O) groups is 2. The van der Waals surface area contributed by atoms with Crippen molar-refractivity contribution in [1.29, 1.82) is 0 Å². The number of ketones is 1. The number of hydrogen-bond acceptors (Lipinski definition) is 8. The molecule has 0 N–H and O–H groups in total. The number of methoxy groups -OCH3 is 1. The minimum absolute atomic E-state index is 0.0569. The molecule has 0 bridgehead atoms. The number of hydrogen-bond donors (Lipinski definition) is 0. The minimum atomic E-state index is -3.67. The zero-order valence-electron chi connectivity index (χ0n) is 16.7. The summed E-state index contributed by atoms with van der Waals surface area (Å²) < 4.78 is 28.9. The number of fused-ring (bicyclic) bond motifs is 1. The summed E-state index contributed by atoms with van der Waals surface area (Å²) in [5.74, 6) is -0.772. The summed E-state index contributed by atoms with van der Waals surface area (Å²) >= 11 is 0. The highest BCUT2D eigenvalue weighted by atomic mass is 32.2. The van der Waals surface area contributed by atoms with E-state index in [2.05, 4.69) is 9.97 Å². The van der Waals surface area contributed by atoms with E-state index < -0.39 is 27.4 Å². The fraction of sp³-hybridized carbons (Fsp3) is 0.400. The molecule has 0 amide bonds. The first-order valence-electron chi connectivity index (χ1n) is 9.13. The van der Waals surface area contributed by atoms with Crippen molar-refractivity contribution in [3.05, 3.63) is 53.3 Å². The number of benzene rings is 1. The van der Waals surface area contributed by atoms with E-state index in [4.69, 9.17) is 4.74 Å². The molecule has 3 rings (SSSR count). The Labute approximate surface area is 169 Å². The number of carbonyl (C=O) groups excluding carboxylic acids is 2. The highest BCUT2D eigenvalue weighted by Crippen LogP contribution is 2.47. The fourth-order valence-electron chi connectivity index (χ4n) is 3.65. The van der Waals surface area contributed by atoms with Gasteiger partial charge in [0.1, 0.15) is 0 Å². The van der Waals surface area contributed by atoms with Gasteiger partial charge in [0.2, 0.25) is 15.0 Å². The van der Waals surface area contributed by atoms with Gasteiger partial charge in [0, 0.05) is 29.1 Å². The van der Waals surface area contributed by atoms with Crippen LogP contribution in [0.1, 0.15) is 47.9 Å². The predicted octanol–water partition coefficient (Wildman–Crippen LogP) is 1.92. The second-order valence-corrected chi connectivity index (χ2v) is 9.10. The number of ether oxygens (including phenoxy) is 1. The molecule has 2 atom stereocenters. The molecular formula is C20H23N3O5S. The Balaban J connectivity index is 2.13. The zero-order valence-corrected chi connectivity index (χ0v) is 17.6. The lowest BCUT2D eigenvalue weighted by Gasteiger charge is -2.36. The first kappa shape index (κ1) is 21.1.